The Labute approximate surface area is 387 Å². The van der Waals surface area contributed by atoms with Crippen LogP contribution in [0.4, 0.5) is 0 Å². The van der Waals surface area contributed by atoms with E-state index in [-0.39, 0.29) is 112 Å². The average molecular weight is 1090 g/mol. The molecule has 0 saturated heterocycles. The van der Waals surface area contributed by atoms with Gasteiger partial charge in [-0.25, -0.2) is 0 Å². The van der Waals surface area contributed by atoms with Crippen molar-refractivity contribution in [2.24, 2.45) is 11.5 Å². The molecule has 0 saturated carbocycles. The predicted octanol–water partition coefficient (Wildman–Crippen LogP) is -18.3. The minimum atomic E-state index is -2.40. The van der Waals surface area contributed by atoms with Crippen molar-refractivity contribution >= 4 is 59.7 Å². The van der Waals surface area contributed by atoms with Crippen molar-refractivity contribution in [2.75, 3.05) is 52.4 Å². The van der Waals surface area contributed by atoms with Crippen LogP contribution in [0.5, 0.6) is 0 Å². The smallest absolute Gasteiger partial charge is 0.550 e. The van der Waals surface area contributed by atoms with Crippen LogP contribution in [0.1, 0.15) is 38.5 Å². The first-order chi connectivity index (χ1) is 24.9. The van der Waals surface area contributed by atoms with E-state index in [4.69, 9.17) is 11.5 Å². The first kappa shape index (κ1) is 70.6. The van der Waals surface area contributed by atoms with Crippen LogP contribution in [0.2, 0.25) is 0 Å². The topological polar surface area (TPSA) is 484 Å². The van der Waals surface area contributed by atoms with Gasteiger partial charge in [0.1, 0.15) is 0 Å². The van der Waals surface area contributed by atoms with E-state index in [0.717, 1.165) is 0 Å². The van der Waals surface area contributed by atoms with Crippen LogP contribution in [-0.2, 0) is 133 Å². The van der Waals surface area contributed by atoms with Gasteiger partial charge in [-0.15, -0.1) is 0 Å². The van der Waals surface area contributed by atoms with Crippen LogP contribution in [0, 0.1) is 0 Å². The summed E-state index contributed by atoms with van der Waals surface area (Å²) < 4.78 is 0. The maximum absolute atomic E-state index is 11.2. The van der Waals surface area contributed by atoms with E-state index in [9.17, 15) is 99.0 Å². The summed E-state index contributed by atoms with van der Waals surface area (Å²) in [6.07, 6.45) is -6.93. The van der Waals surface area contributed by atoms with Crippen molar-refractivity contribution < 1.29 is 184 Å². The Morgan fingerprint density at radius 2 is 0.593 bits per heavy atom. The Hall–Kier alpha value is -2.94. The van der Waals surface area contributed by atoms with Crippen LogP contribution in [0.15, 0.2) is 0 Å². The largest absolute Gasteiger partial charge is 2.00 e. The molecular formula is C28H36Cu5N6O20. The van der Waals surface area contributed by atoms with Crippen molar-refractivity contribution in [1.29, 1.82) is 0 Å². The summed E-state index contributed by atoms with van der Waals surface area (Å²) in [6, 6.07) is -3.19. The fourth-order valence-electron chi connectivity index (χ4n) is 5.62. The molecule has 5 radical (unpaired) electrons. The Balaban J connectivity index is -0.000000169. The molecule has 0 rings (SSSR count). The molecule has 0 aromatic heterocycles. The number of carboxylic acid groups (broad SMARTS) is 10. The van der Waals surface area contributed by atoms with Crippen molar-refractivity contribution in [3.63, 3.8) is 0 Å². The van der Waals surface area contributed by atoms with Gasteiger partial charge in [0.2, 0.25) is 0 Å². The zero-order valence-electron chi connectivity index (χ0n) is 29.8. The molecule has 0 aromatic rings. The standard InChI is InChI=1S/2C14H23N3O10.5Cu/c2*15-1-2-16-8(3-9(18)19)14(4-10(20)21,5-11(22)23)17(6-12(24)25)7-13(26)27;;;;;/h2*8,16H,1-7,15H2,(H,18,19)(H,20,21)(H,22,23)(H,24,25)(H,26,27);;;;;/q;;5*+2/p-10. The monoisotopic (exact) mass is 1090 g/mol. The molecule has 26 nitrogen and oxygen atoms in total. The summed E-state index contributed by atoms with van der Waals surface area (Å²) in [5, 5.41) is 116. The van der Waals surface area contributed by atoms with Gasteiger partial charge in [0, 0.05) is 150 Å². The Kier molecular flexibility index (Phi) is 42.8. The number of nitrogens with two attached hydrogens (primary N) is 2. The molecule has 0 aliphatic carbocycles. The molecule has 353 valence electrons. The zero-order chi connectivity index (χ0) is 42.4. The maximum atomic E-state index is 11.2. The molecule has 0 spiro atoms. The second kappa shape index (κ2) is 35.8. The van der Waals surface area contributed by atoms with E-state index in [2.05, 4.69) is 10.6 Å². The minimum absolute atomic E-state index is 0. The Morgan fingerprint density at radius 3 is 0.729 bits per heavy atom. The van der Waals surface area contributed by atoms with Crippen LogP contribution in [0.25, 0.3) is 0 Å². The normalized spacial score (nSPS) is 11.5. The first-order valence-electron chi connectivity index (χ1n) is 15.2. The Morgan fingerprint density at radius 1 is 0.390 bits per heavy atom. The van der Waals surface area contributed by atoms with E-state index in [0.29, 0.717) is 9.80 Å². The molecule has 6 N–H and O–H groups in total. The molecule has 0 heterocycles. The summed E-state index contributed by atoms with van der Waals surface area (Å²) in [7, 11) is 0. The second-order valence-corrected chi connectivity index (χ2v) is 11.3. The number of carbonyl (C=O) groups is 10. The second-order valence-electron chi connectivity index (χ2n) is 11.3. The van der Waals surface area contributed by atoms with Gasteiger partial charge in [-0.2, -0.15) is 0 Å². The third-order valence-corrected chi connectivity index (χ3v) is 7.45. The summed E-state index contributed by atoms with van der Waals surface area (Å²) >= 11 is 0. The quantitative estimate of drug-likeness (QED) is 0.0485. The van der Waals surface area contributed by atoms with Crippen LogP contribution >= 0.6 is 0 Å². The molecule has 0 fully saturated rings. The molecule has 0 aliphatic rings. The van der Waals surface area contributed by atoms with Gasteiger partial charge in [-0.05, 0) is 0 Å². The molecule has 0 aliphatic heterocycles. The average Bonchev–Trinajstić information content (AvgIpc) is 2.98. The van der Waals surface area contributed by atoms with Crippen LogP contribution in [0.3, 0.4) is 0 Å². The van der Waals surface area contributed by atoms with Crippen molar-refractivity contribution in [2.45, 2.75) is 61.7 Å². The summed E-state index contributed by atoms with van der Waals surface area (Å²) in [5.41, 5.74) is 5.78. The van der Waals surface area contributed by atoms with Crippen LogP contribution in [-0.4, -0.2) is 145 Å². The summed E-state index contributed by atoms with van der Waals surface area (Å²) in [6.45, 7) is -5.38. The number of nitrogens with one attached hydrogen (secondary N) is 2. The molecule has 59 heavy (non-hydrogen) atoms. The van der Waals surface area contributed by atoms with E-state index in [1.165, 1.54) is 0 Å². The van der Waals surface area contributed by atoms with Gasteiger partial charge in [0.25, 0.3) is 0 Å². The van der Waals surface area contributed by atoms with Crippen molar-refractivity contribution in [3.05, 3.63) is 0 Å². The summed E-state index contributed by atoms with van der Waals surface area (Å²) in [4.78, 5) is 112. The minimum Gasteiger partial charge on any atom is -0.550 e. The summed E-state index contributed by atoms with van der Waals surface area (Å²) in [5.74, 6) is -18.5. The fourth-order valence-corrected chi connectivity index (χ4v) is 5.62. The number of carbonyl (C=O) groups excluding carboxylic acids is 10. The predicted molar refractivity (Wildman–Crippen MR) is 148 cm³/mol. The van der Waals surface area contributed by atoms with Gasteiger partial charge in [-0.3, -0.25) is 9.80 Å². The molecule has 2 unspecified atom stereocenters. The van der Waals surface area contributed by atoms with Crippen LogP contribution < -0.4 is 73.2 Å². The zero-order valence-corrected chi connectivity index (χ0v) is 34.5. The SMILES string of the molecule is NCCNC(CC(=O)[O-])C(CC(=O)[O-])(CC(=O)[O-])N(CC(=O)[O-])CC(=O)[O-].NCCNC(CC(=O)[O-])C(CC(=O)[O-])(CC(=O)[O-])N(CC(=O)[O-])CC(=O)[O-].[Cu+2].[Cu+2].[Cu+2].[Cu+2].[Cu+2]. The van der Waals surface area contributed by atoms with Crippen molar-refractivity contribution in [1.82, 2.24) is 20.4 Å². The molecule has 0 amide bonds. The van der Waals surface area contributed by atoms with Gasteiger partial charge in [0.15, 0.2) is 0 Å². The van der Waals surface area contributed by atoms with E-state index < -0.39 is 148 Å². The number of aliphatic carboxylic acids is 10. The third kappa shape index (κ3) is 29.0. The first-order valence-corrected chi connectivity index (χ1v) is 15.2. The third-order valence-electron chi connectivity index (χ3n) is 7.45. The van der Waals surface area contributed by atoms with E-state index in [1.807, 2.05) is 0 Å². The Bertz CT molecular complexity index is 1220. The molecule has 2 atom stereocenters. The van der Waals surface area contributed by atoms with Gasteiger partial charge in [0.05, 0.1) is 23.9 Å². The molecular weight excluding hydrogens is 1060 g/mol. The van der Waals surface area contributed by atoms with Gasteiger partial charge < -0.3 is 121 Å². The van der Waals surface area contributed by atoms with Crippen molar-refractivity contribution in [3.8, 4) is 0 Å². The number of rotatable bonds is 30. The number of hydrogen-bond donors (Lipinski definition) is 4. The van der Waals surface area contributed by atoms with Gasteiger partial charge >= 0.3 is 85.3 Å². The maximum Gasteiger partial charge on any atom is 2.00 e. The number of hydrogen-bond acceptors (Lipinski definition) is 26. The van der Waals surface area contributed by atoms with E-state index in [1.54, 1.807) is 0 Å². The molecule has 31 heteroatoms. The number of nitrogens with zero attached hydrogens (tertiary/aromatic N) is 2. The molecule has 0 aromatic carbocycles. The van der Waals surface area contributed by atoms with E-state index >= 15 is 0 Å². The fraction of sp³-hybridized carbons (Fsp3) is 0.643. The molecule has 0 bridgehead atoms. The number of carboxylic acids is 10. The van der Waals surface area contributed by atoms with Gasteiger partial charge in [-0.1, -0.05) is 0 Å².